The van der Waals surface area contributed by atoms with Gasteiger partial charge in [0.25, 0.3) is 0 Å². The molecule has 2 amide bonds. The molecule has 5 nitrogen and oxygen atoms in total. The first kappa shape index (κ1) is 13.8. The molecule has 0 spiro atoms. The van der Waals surface area contributed by atoms with Crippen LogP contribution in [0.15, 0.2) is 24.3 Å². The van der Waals surface area contributed by atoms with Crippen LogP contribution < -0.4 is 10.6 Å². The van der Waals surface area contributed by atoms with Gasteiger partial charge in [0.15, 0.2) is 0 Å². The molecule has 1 aromatic heterocycles. The second-order valence-electron chi connectivity index (χ2n) is 4.02. The molecule has 0 radical (unpaired) electrons. The first-order valence-corrected chi connectivity index (χ1v) is 6.83. The van der Waals surface area contributed by atoms with Gasteiger partial charge < -0.3 is 5.32 Å². The predicted molar refractivity (Wildman–Crippen MR) is 76.7 cm³/mol. The fourth-order valence-corrected chi connectivity index (χ4v) is 2.21. The highest BCUT2D eigenvalue weighted by molar-refractivity contribution is 7.09. The number of hydrogen-bond donors (Lipinski definition) is 2. The lowest BCUT2D eigenvalue weighted by molar-refractivity contribution is 0.249. The van der Waals surface area contributed by atoms with Crippen LogP contribution in [0.2, 0.25) is 5.02 Å². The molecular formula is C12H13ClN4OS. The Hall–Kier alpha value is -1.66. The van der Waals surface area contributed by atoms with Gasteiger partial charge in [-0.3, -0.25) is 5.32 Å². The SMILES string of the molecule is Cc1nsc(NC(=O)N[C@@H](C)c2ccc(Cl)cc2)n1. The average molecular weight is 297 g/mol. The Balaban J connectivity index is 1.93. The van der Waals surface area contributed by atoms with Crippen molar-refractivity contribution < 1.29 is 4.79 Å². The lowest BCUT2D eigenvalue weighted by Gasteiger charge is -2.14. The average Bonchev–Trinajstić information content (AvgIpc) is 2.75. The van der Waals surface area contributed by atoms with Crippen molar-refractivity contribution in [3.05, 3.63) is 40.7 Å². The number of hydrogen-bond acceptors (Lipinski definition) is 4. The Kier molecular flexibility index (Phi) is 4.34. The molecule has 1 aromatic carbocycles. The maximum absolute atomic E-state index is 11.8. The van der Waals surface area contributed by atoms with E-state index in [1.54, 1.807) is 19.1 Å². The number of aromatic nitrogens is 2. The topological polar surface area (TPSA) is 66.9 Å². The second-order valence-corrected chi connectivity index (χ2v) is 5.21. The van der Waals surface area contributed by atoms with Gasteiger partial charge in [0.1, 0.15) is 5.82 Å². The molecule has 0 aliphatic carbocycles. The Labute approximate surface area is 120 Å². The summed E-state index contributed by atoms with van der Waals surface area (Å²) in [5, 5.41) is 6.62. The molecule has 0 aliphatic heterocycles. The molecule has 0 bridgehead atoms. The van der Waals surface area contributed by atoms with Crippen LogP contribution >= 0.6 is 23.1 Å². The highest BCUT2D eigenvalue weighted by Crippen LogP contribution is 2.16. The van der Waals surface area contributed by atoms with Crippen molar-refractivity contribution in [3.8, 4) is 0 Å². The summed E-state index contributed by atoms with van der Waals surface area (Å²) in [5.41, 5.74) is 0.980. The van der Waals surface area contributed by atoms with Gasteiger partial charge in [0, 0.05) is 16.6 Å². The number of aryl methyl sites for hydroxylation is 1. The molecule has 0 saturated heterocycles. The summed E-state index contributed by atoms with van der Waals surface area (Å²) in [6.07, 6.45) is 0. The monoisotopic (exact) mass is 296 g/mol. The standard InChI is InChI=1S/C12H13ClN4OS/c1-7(9-3-5-10(13)6-4-9)14-11(18)16-12-15-8(2)17-19-12/h3-7H,1-2H3,(H2,14,15,16,17,18)/t7-/m0/s1. The number of halogens is 1. The fourth-order valence-electron chi connectivity index (χ4n) is 1.51. The lowest BCUT2D eigenvalue weighted by Crippen LogP contribution is -2.31. The molecule has 0 saturated carbocycles. The van der Waals surface area contributed by atoms with Gasteiger partial charge in [0.2, 0.25) is 5.13 Å². The first-order chi connectivity index (χ1) is 9.04. The first-order valence-electron chi connectivity index (χ1n) is 5.68. The largest absolute Gasteiger partial charge is 0.331 e. The summed E-state index contributed by atoms with van der Waals surface area (Å²) in [5.74, 6) is 0.644. The lowest BCUT2D eigenvalue weighted by atomic mass is 10.1. The molecule has 0 aliphatic rings. The van der Waals surface area contributed by atoms with Gasteiger partial charge in [-0.05, 0) is 31.5 Å². The summed E-state index contributed by atoms with van der Waals surface area (Å²) in [6, 6.07) is 6.91. The third kappa shape index (κ3) is 3.90. The van der Waals surface area contributed by atoms with E-state index < -0.39 is 0 Å². The van der Waals surface area contributed by atoms with Crippen molar-refractivity contribution in [1.29, 1.82) is 0 Å². The Bertz CT molecular complexity index is 569. The van der Waals surface area contributed by atoms with Gasteiger partial charge in [-0.2, -0.15) is 4.37 Å². The maximum atomic E-state index is 11.8. The summed E-state index contributed by atoms with van der Waals surface area (Å²) < 4.78 is 3.99. The number of urea groups is 1. The fraction of sp³-hybridized carbons (Fsp3) is 0.250. The van der Waals surface area contributed by atoms with Crippen LogP contribution in [0.4, 0.5) is 9.93 Å². The van der Waals surface area contributed by atoms with Gasteiger partial charge in [0.05, 0.1) is 6.04 Å². The number of nitrogens with zero attached hydrogens (tertiary/aromatic N) is 2. The second kappa shape index (κ2) is 5.99. The number of anilines is 1. The zero-order chi connectivity index (χ0) is 13.8. The highest BCUT2D eigenvalue weighted by atomic mass is 35.5. The molecule has 100 valence electrons. The van der Waals surface area contributed by atoms with Crippen molar-refractivity contribution in [3.63, 3.8) is 0 Å². The van der Waals surface area contributed by atoms with Crippen molar-refractivity contribution in [1.82, 2.24) is 14.7 Å². The normalized spacial score (nSPS) is 11.9. The number of rotatable bonds is 3. The van der Waals surface area contributed by atoms with Gasteiger partial charge in [-0.1, -0.05) is 23.7 Å². The minimum atomic E-state index is -0.307. The van der Waals surface area contributed by atoms with Gasteiger partial charge in [-0.15, -0.1) is 0 Å². The number of carbonyl (C=O) groups is 1. The third-order valence-electron chi connectivity index (χ3n) is 2.47. The van der Waals surface area contributed by atoms with E-state index in [1.165, 1.54) is 0 Å². The predicted octanol–water partition coefficient (Wildman–Crippen LogP) is 3.38. The summed E-state index contributed by atoms with van der Waals surface area (Å²) in [6.45, 7) is 3.67. The van der Waals surface area contributed by atoms with Gasteiger partial charge in [-0.25, -0.2) is 9.78 Å². The Morgan fingerprint density at radius 2 is 2.05 bits per heavy atom. The van der Waals surface area contributed by atoms with E-state index in [0.29, 0.717) is 16.0 Å². The van der Waals surface area contributed by atoms with Crippen molar-refractivity contribution in [2.45, 2.75) is 19.9 Å². The third-order valence-corrected chi connectivity index (χ3v) is 3.44. The van der Waals surface area contributed by atoms with E-state index in [-0.39, 0.29) is 12.1 Å². The zero-order valence-corrected chi connectivity index (χ0v) is 12.0. The molecular weight excluding hydrogens is 284 g/mol. The van der Waals surface area contributed by atoms with Crippen LogP contribution in [-0.4, -0.2) is 15.4 Å². The van der Waals surface area contributed by atoms with E-state index in [2.05, 4.69) is 20.0 Å². The van der Waals surface area contributed by atoms with E-state index in [4.69, 9.17) is 11.6 Å². The van der Waals surface area contributed by atoms with Crippen molar-refractivity contribution >= 4 is 34.3 Å². The molecule has 0 unspecified atom stereocenters. The summed E-state index contributed by atoms with van der Waals surface area (Å²) in [4.78, 5) is 15.8. The van der Waals surface area contributed by atoms with Crippen LogP contribution in [0.3, 0.4) is 0 Å². The number of amides is 2. The van der Waals surface area contributed by atoms with Gasteiger partial charge >= 0.3 is 6.03 Å². The van der Waals surface area contributed by atoms with Crippen LogP contribution in [-0.2, 0) is 0 Å². The van der Waals surface area contributed by atoms with Crippen molar-refractivity contribution in [2.24, 2.45) is 0 Å². The highest BCUT2D eigenvalue weighted by Gasteiger charge is 2.11. The summed E-state index contributed by atoms with van der Waals surface area (Å²) >= 11 is 6.97. The van der Waals surface area contributed by atoms with E-state index in [1.807, 2.05) is 19.1 Å². The zero-order valence-electron chi connectivity index (χ0n) is 10.5. The van der Waals surface area contributed by atoms with E-state index in [9.17, 15) is 4.79 Å². The van der Waals surface area contributed by atoms with Crippen molar-refractivity contribution in [2.75, 3.05) is 5.32 Å². The van der Waals surface area contributed by atoms with E-state index in [0.717, 1.165) is 17.1 Å². The quantitative estimate of drug-likeness (QED) is 0.912. The minimum absolute atomic E-state index is 0.119. The molecule has 2 N–H and O–H groups in total. The summed E-state index contributed by atoms with van der Waals surface area (Å²) in [7, 11) is 0. The molecule has 7 heteroatoms. The molecule has 1 atom stereocenters. The Morgan fingerprint density at radius 3 is 2.63 bits per heavy atom. The molecule has 2 aromatic rings. The minimum Gasteiger partial charge on any atom is -0.331 e. The number of carbonyl (C=O) groups excluding carboxylic acids is 1. The molecule has 1 heterocycles. The van der Waals surface area contributed by atoms with E-state index >= 15 is 0 Å². The smallest absolute Gasteiger partial charge is 0.321 e. The Morgan fingerprint density at radius 1 is 1.37 bits per heavy atom. The number of nitrogens with one attached hydrogen (secondary N) is 2. The van der Waals surface area contributed by atoms with Crippen LogP contribution in [0, 0.1) is 6.92 Å². The number of benzene rings is 1. The molecule has 2 rings (SSSR count). The molecule has 0 fully saturated rings. The van der Waals surface area contributed by atoms with Crippen LogP contribution in [0.1, 0.15) is 24.4 Å². The van der Waals surface area contributed by atoms with Crippen LogP contribution in [0.5, 0.6) is 0 Å². The maximum Gasteiger partial charge on any atom is 0.321 e. The van der Waals surface area contributed by atoms with Crippen LogP contribution in [0.25, 0.3) is 0 Å². The molecule has 19 heavy (non-hydrogen) atoms.